The molecule has 3 aromatic rings. The number of carbonyl (C=O) groups is 1. The second kappa shape index (κ2) is 8.99. The molecule has 1 unspecified atom stereocenters. The first-order chi connectivity index (χ1) is 14.6. The molecule has 2 aromatic carbocycles. The maximum Gasteiger partial charge on any atom is 0.272 e. The predicted molar refractivity (Wildman–Crippen MR) is 120 cm³/mol. The van der Waals surface area contributed by atoms with Gasteiger partial charge in [0, 0.05) is 19.0 Å². The van der Waals surface area contributed by atoms with Crippen LogP contribution in [0.4, 0.5) is 0 Å². The molecule has 4 rings (SSSR count). The Labute approximate surface area is 182 Å². The van der Waals surface area contributed by atoms with Gasteiger partial charge in [-0.05, 0) is 58.9 Å². The van der Waals surface area contributed by atoms with Crippen molar-refractivity contribution in [2.75, 3.05) is 13.1 Å². The van der Waals surface area contributed by atoms with E-state index in [1.165, 1.54) is 11.1 Å². The van der Waals surface area contributed by atoms with Gasteiger partial charge in [0.15, 0.2) is 0 Å². The fourth-order valence-corrected chi connectivity index (χ4v) is 4.47. The van der Waals surface area contributed by atoms with E-state index in [2.05, 4.69) is 48.3 Å². The summed E-state index contributed by atoms with van der Waals surface area (Å²) in [4.78, 5) is 18.8. The maximum absolute atomic E-state index is 12.8. The maximum atomic E-state index is 12.8. The van der Waals surface area contributed by atoms with Crippen LogP contribution in [-0.2, 0) is 13.0 Å². The zero-order chi connectivity index (χ0) is 21.1. The Morgan fingerprint density at radius 1 is 1.13 bits per heavy atom. The smallest absolute Gasteiger partial charge is 0.272 e. The van der Waals surface area contributed by atoms with Crippen LogP contribution in [0.25, 0.3) is 11.1 Å². The largest absolute Gasteiger partial charge is 0.392 e. The van der Waals surface area contributed by atoms with Crippen molar-refractivity contribution in [1.82, 2.24) is 9.88 Å². The fraction of sp³-hybridized carbons (Fsp3) is 0.280. The van der Waals surface area contributed by atoms with Crippen LogP contribution in [0.1, 0.15) is 46.4 Å². The highest BCUT2D eigenvalue weighted by Gasteiger charge is 2.30. The van der Waals surface area contributed by atoms with E-state index in [-0.39, 0.29) is 18.4 Å². The topological polar surface area (TPSA) is 53.4 Å². The van der Waals surface area contributed by atoms with Gasteiger partial charge in [-0.3, -0.25) is 4.79 Å². The molecule has 154 valence electrons. The van der Waals surface area contributed by atoms with Crippen LogP contribution in [0.3, 0.4) is 0 Å². The molecule has 1 fully saturated rings. The number of likely N-dealkylation sites (tertiary alicyclic amines) is 1. The lowest BCUT2D eigenvalue weighted by atomic mass is 9.89. The Morgan fingerprint density at radius 2 is 1.97 bits per heavy atom. The van der Waals surface area contributed by atoms with Gasteiger partial charge in [0.05, 0.1) is 6.61 Å². The lowest BCUT2D eigenvalue weighted by Gasteiger charge is -2.19. The fourth-order valence-electron chi connectivity index (χ4n) is 4.31. The van der Waals surface area contributed by atoms with E-state index in [1.54, 1.807) is 18.2 Å². The number of carbonyl (C=O) groups excluding carboxylic acids is 1. The van der Waals surface area contributed by atoms with Crippen LogP contribution in [0.15, 0.2) is 60.7 Å². The molecule has 0 aliphatic carbocycles. The molecular formula is C25H25ClN2O2. The van der Waals surface area contributed by atoms with Crippen LogP contribution in [0.2, 0.25) is 5.15 Å². The average Bonchev–Trinajstić information content (AvgIpc) is 3.28. The third-order valence-corrected chi connectivity index (χ3v) is 6.08. The molecule has 1 aliphatic rings. The Morgan fingerprint density at radius 3 is 2.73 bits per heavy atom. The quantitative estimate of drug-likeness (QED) is 0.585. The molecular weight excluding hydrogens is 396 g/mol. The lowest BCUT2D eigenvalue weighted by molar-refractivity contribution is 0.0785. The predicted octanol–water partition coefficient (Wildman–Crippen LogP) is 5.09. The lowest BCUT2D eigenvalue weighted by Crippen LogP contribution is -2.29. The summed E-state index contributed by atoms with van der Waals surface area (Å²) in [6.45, 7) is 3.42. The number of aliphatic hydroxyl groups is 1. The molecule has 5 heteroatoms. The Bertz CT molecular complexity index is 1070. The number of nitrogens with zero attached hydrogens (tertiary/aromatic N) is 2. The highest BCUT2D eigenvalue weighted by Crippen LogP contribution is 2.34. The molecule has 0 radical (unpaired) electrons. The van der Waals surface area contributed by atoms with Crippen molar-refractivity contribution in [2.45, 2.75) is 32.3 Å². The number of benzene rings is 2. The number of rotatable bonds is 5. The molecule has 1 N–H and O–H groups in total. The summed E-state index contributed by atoms with van der Waals surface area (Å²) in [5, 5.41) is 10.4. The molecule has 1 amide bonds. The van der Waals surface area contributed by atoms with Crippen LogP contribution in [0.5, 0.6) is 0 Å². The van der Waals surface area contributed by atoms with Gasteiger partial charge in [0.1, 0.15) is 10.8 Å². The minimum atomic E-state index is -0.0981. The number of aryl methyl sites for hydroxylation is 1. The Hall–Kier alpha value is -2.69. The van der Waals surface area contributed by atoms with Crippen molar-refractivity contribution < 1.29 is 9.90 Å². The number of hydrogen-bond acceptors (Lipinski definition) is 3. The molecule has 1 aromatic heterocycles. The van der Waals surface area contributed by atoms with Crippen molar-refractivity contribution >= 4 is 17.5 Å². The van der Waals surface area contributed by atoms with Crippen molar-refractivity contribution in [3.05, 3.63) is 88.2 Å². The summed E-state index contributed by atoms with van der Waals surface area (Å²) in [7, 11) is 0. The number of amides is 1. The second-order valence-corrected chi connectivity index (χ2v) is 8.05. The SMILES string of the molecule is CCc1ccccc1-c1ccc(C2CCN(C(=O)c3cccc(Cl)n3)C2)c(CO)c1. The van der Waals surface area contributed by atoms with E-state index in [1.807, 2.05) is 11.0 Å². The van der Waals surface area contributed by atoms with Crippen molar-refractivity contribution in [3.8, 4) is 11.1 Å². The third kappa shape index (κ3) is 4.11. The summed E-state index contributed by atoms with van der Waals surface area (Å²) >= 11 is 5.94. The Kier molecular flexibility index (Phi) is 6.16. The molecule has 0 spiro atoms. The van der Waals surface area contributed by atoms with E-state index in [0.717, 1.165) is 29.5 Å². The zero-order valence-electron chi connectivity index (χ0n) is 17.0. The number of hydrogen-bond donors (Lipinski definition) is 1. The molecule has 0 saturated carbocycles. The molecule has 1 atom stereocenters. The van der Waals surface area contributed by atoms with Gasteiger partial charge in [-0.2, -0.15) is 0 Å². The summed E-state index contributed by atoms with van der Waals surface area (Å²) in [6, 6.07) is 19.8. The first-order valence-corrected chi connectivity index (χ1v) is 10.7. The number of pyridine rings is 1. The Balaban J connectivity index is 1.57. The molecule has 1 aliphatic heterocycles. The van der Waals surface area contributed by atoms with Gasteiger partial charge < -0.3 is 10.0 Å². The van der Waals surface area contributed by atoms with Crippen molar-refractivity contribution in [1.29, 1.82) is 0 Å². The molecule has 0 bridgehead atoms. The van der Waals surface area contributed by atoms with Gasteiger partial charge >= 0.3 is 0 Å². The minimum Gasteiger partial charge on any atom is -0.392 e. The van der Waals surface area contributed by atoms with E-state index in [9.17, 15) is 9.90 Å². The van der Waals surface area contributed by atoms with Crippen LogP contribution in [0, 0.1) is 0 Å². The van der Waals surface area contributed by atoms with Crippen molar-refractivity contribution in [2.24, 2.45) is 0 Å². The molecule has 30 heavy (non-hydrogen) atoms. The minimum absolute atomic E-state index is 0.0161. The van der Waals surface area contributed by atoms with E-state index in [0.29, 0.717) is 23.9 Å². The van der Waals surface area contributed by atoms with Crippen LogP contribution >= 0.6 is 11.6 Å². The third-order valence-electron chi connectivity index (χ3n) is 5.87. The van der Waals surface area contributed by atoms with Crippen molar-refractivity contribution in [3.63, 3.8) is 0 Å². The van der Waals surface area contributed by atoms with Gasteiger partial charge in [-0.15, -0.1) is 0 Å². The highest BCUT2D eigenvalue weighted by atomic mass is 35.5. The van der Waals surface area contributed by atoms with Gasteiger partial charge in [0.25, 0.3) is 5.91 Å². The second-order valence-electron chi connectivity index (χ2n) is 7.66. The monoisotopic (exact) mass is 420 g/mol. The van der Waals surface area contributed by atoms with Crippen LogP contribution in [-0.4, -0.2) is 34.0 Å². The number of aliphatic hydroxyl groups excluding tert-OH is 1. The van der Waals surface area contributed by atoms with Gasteiger partial charge in [0.2, 0.25) is 0 Å². The summed E-state index contributed by atoms with van der Waals surface area (Å²) < 4.78 is 0. The van der Waals surface area contributed by atoms with E-state index in [4.69, 9.17) is 11.6 Å². The number of halogens is 1. The first-order valence-electron chi connectivity index (χ1n) is 10.3. The molecule has 1 saturated heterocycles. The normalized spacial score (nSPS) is 16.1. The van der Waals surface area contributed by atoms with E-state index >= 15 is 0 Å². The van der Waals surface area contributed by atoms with E-state index < -0.39 is 0 Å². The summed E-state index contributed by atoms with van der Waals surface area (Å²) in [5.41, 5.74) is 6.03. The zero-order valence-corrected chi connectivity index (χ0v) is 17.8. The summed E-state index contributed by atoms with van der Waals surface area (Å²) in [6.07, 6.45) is 1.83. The number of aromatic nitrogens is 1. The van der Waals surface area contributed by atoms with Gasteiger partial charge in [-0.25, -0.2) is 4.98 Å². The average molecular weight is 421 g/mol. The molecule has 2 heterocycles. The standard InChI is InChI=1S/C25H25ClN2O2/c1-2-17-6-3-4-7-21(17)18-10-11-22(20(14-18)16-29)19-12-13-28(15-19)25(30)23-8-5-9-24(26)27-23/h3-11,14,19,29H,2,12-13,15-16H2,1H3. The first kappa shape index (κ1) is 20.6. The van der Waals surface area contributed by atoms with Gasteiger partial charge in [-0.1, -0.05) is 61.0 Å². The highest BCUT2D eigenvalue weighted by molar-refractivity contribution is 6.29. The van der Waals surface area contributed by atoms with Crippen LogP contribution < -0.4 is 0 Å². The molecule has 4 nitrogen and oxygen atoms in total. The summed E-state index contributed by atoms with van der Waals surface area (Å²) in [5.74, 6) is 0.102.